The van der Waals surface area contributed by atoms with Gasteiger partial charge in [-0.3, -0.25) is 32.5 Å². The number of phosphoric acid groups is 3. The Bertz CT molecular complexity index is 2140. The number of amides is 2. The second-order valence-corrected chi connectivity index (χ2v) is 25.1. The number of thioether (sulfide) groups is 1. The summed E-state index contributed by atoms with van der Waals surface area (Å²) in [4.78, 5) is 88.7. The average molecular weight is 1130 g/mol. The maximum Gasteiger partial charge on any atom is 0.481 e. The lowest BCUT2D eigenvalue weighted by atomic mass is 9.87. The van der Waals surface area contributed by atoms with E-state index in [1.54, 1.807) is 0 Å². The summed E-state index contributed by atoms with van der Waals surface area (Å²) in [7, 11) is -16.4. The molecular weight excluding hydrogens is 1050 g/mol. The molecule has 28 heteroatoms. The van der Waals surface area contributed by atoms with E-state index >= 15 is 0 Å². The quantitative estimate of drug-likeness (QED) is 0.0230. The number of nitrogens with two attached hydrogens (primary N) is 1. The summed E-state index contributed by atoms with van der Waals surface area (Å²) in [6.07, 6.45) is 19.5. The van der Waals surface area contributed by atoms with Crippen LogP contribution in [0.1, 0.15) is 175 Å². The Kier molecular flexibility index (Phi) is 30.0. The monoisotopic (exact) mass is 1130 g/mol. The normalized spacial score (nSPS) is 19.8. The van der Waals surface area contributed by atoms with Crippen LogP contribution in [0.15, 0.2) is 12.7 Å². The number of carbonyl (C=O) groups is 3. The summed E-state index contributed by atoms with van der Waals surface area (Å²) < 4.78 is 62.6. The van der Waals surface area contributed by atoms with Crippen LogP contribution in [0, 0.1) is 11.3 Å². The zero-order valence-corrected chi connectivity index (χ0v) is 47.0. The van der Waals surface area contributed by atoms with Gasteiger partial charge in [-0.15, -0.1) is 0 Å². The number of phosphoric ester groups is 3. The third kappa shape index (κ3) is 25.8. The minimum atomic E-state index is -5.58. The van der Waals surface area contributed by atoms with Crippen LogP contribution >= 0.6 is 35.2 Å². The molecule has 2 aromatic rings. The molecule has 74 heavy (non-hydrogen) atoms. The molecule has 3 rings (SSSR count). The predicted molar refractivity (Wildman–Crippen MR) is 279 cm³/mol. The van der Waals surface area contributed by atoms with Crippen molar-refractivity contribution < 1.29 is 80.5 Å². The van der Waals surface area contributed by atoms with Gasteiger partial charge in [0, 0.05) is 37.1 Å². The van der Waals surface area contributed by atoms with Gasteiger partial charge in [-0.25, -0.2) is 28.6 Å². The number of nitrogen functional groups attached to an aromatic ring is 1. The summed E-state index contributed by atoms with van der Waals surface area (Å²) in [6, 6.07) is 0. The fourth-order valence-electron chi connectivity index (χ4n) is 8.31. The lowest BCUT2D eigenvalue weighted by Crippen LogP contribution is -2.46. The number of aliphatic hydroxyl groups excluding tert-OH is 2. The maximum atomic E-state index is 12.8. The molecule has 8 atom stereocenters. The van der Waals surface area contributed by atoms with Crippen LogP contribution in [0.25, 0.3) is 11.2 Å². The summed E-state index contributed by atoms with van der Waals surface area (Å²) in [5.41, 5.74) is 4.30. The first-order valence-corrected chi connectivity index (χ1v) is 31.5. The summed E-state index contributed by atoms with van der Waals surface area (Å²) >= 11 is 1.16. The van der Waals surface area contributed by atoms with Crippen LogP contribution in [-0.2, 0) is 50.7 Å². The molecule has 1 aliphatic heterocycles. The number of ether oxygens (including phenoxy) is 1. The number of rotatable bonds is 41. The minimum absolute atomic E-state index is 0.0344. The molecule has 0 saturated carbocycles. The summed E-state index contributed by atoms with van der Waals surface area (Å²) in [5, 5.41) is 26.8. The van der Waals surface area contributed by atoms with Gasteiger partial charge in [0.25, 0.3) is 0 Å². The Balaban J connectivity index is 1.23. The van der Waals surface area contributed by atoms with Crippen molar-refractivity contribution in [2.45, 2.75) is 200 Å². The number of nitrogens with zero attached hydrogens (tertiary/aromatic N) is 4. The molecule has 0 bridgehead atoms. The van der Waals surface area contributed by atoms with E-state index in [2.05, 4.69) is 48.3 Å². The number of anilines is 1. The van der Waals surface area contributed by atoms with Gasteiger partial charge in [0.15, 0.2) is 22.8 Å². The van der Waals surface area contributed by atoms with Gasteiger partial charge in [-0.05, 0) is 12.3 Å². The number of aliphatic hydroxyl groups is 2. The van der Waals surface area contributed by atoms with Crippen molar-refractivity contribution in [1.29, 1.82) is 0 Å². The highest BCUT2D eigenvalue weighted by Crippen LogP contribution is 2.61. The van der Waals surface area contributed by atoms with E-state index in [0.29, 0.717) is 12.2 Å². The number of hydrogen-bond donors (Lipinski definition) is 9. The molecule has 0 spiro atoms. The highest BCUT2D eigenvalue weighted by Gasteiger charge is 2.50. The van der Waals surface area contributed by atoms with Crippen LogP contribution in [0.2, 0.25) is 0 Å². The Morgan fingerprint density at radius 2 is 1.38 bits per heavy atom. The number of unbranched alkanes of at least 4 members (excludes halogenated alkanes) is 16. The average Bonchev–Trinajstić information content (AvgIpc) is 3.89. The summed E-state index contributed by atoms with van der Waals surface area (Å²) in [6.45, 7) is 5.20. The molecule has 24 nitrogen and oxygen atoms in total. The zero-order valence-electron chi connectivity index (χ0n) is 43.5. The molecule has 1 saturated heterocycles. The highest BCUT2D eigenvalue weighted by atomic mass is 32.2. The molecule has 0 radical (unpaired) electrons. The number of aromatic nitrogens is 4. The van der Waals surface area contributed by atoms with Crippen LogP contribution in [-0.4, -0.2) is 123 Å². The third-order valence-electron chi connectivity index (χ3n) is 12.6. The third-order valence-corrected chi connectivity index (χ3v) is 16.7. The van der Waals surface area contributed by atoms with Gasteiger partial charge >= 0.3 is 23.5 Å². The minimum Gasteiger partial charge on any atom is -0.386 e. The number of hydrogen-bond acceptors (Lipinski definition) is 18. The first kappa shape index (κ1) is 65.8. The molecule has 2 amide bonds. The van der Waals surface area contributed by atoms with E-state index in [9.17, 15) is 57.9 Å². The van der Waals surface area contributed by atoms with Gasteiger partial charge in [-0.1, -0.05) is 161 Å². The van der Waals surface area contributed by atoms with Crippen molar-refractivity contribution in [1.82, 2.24) is 30.2 Å². The van der Waals surface area contributed by atoms with Gasteiger partial charge < -0.3 is 50.9 Å². The number of nitrogens with one attached hydrogen (secondary N) is 2. The second kappa shape index (κ2) is 33.8. The van der Waals surface area contributed by atoms with E-state index < -0.39 is 84.6 Å². The van der Waals surface area contributed by atoms with Crippen LogP contribution in [0.5, 0.6) is 0 Å². The van der Waals surface area contributed by atoms with E-state index in [-0.39, 0.29) is 41.6 Å². The van der Waals surface area contributed by atoms with E-state index in [1.165, 1.54) is 123 Å². The molecule has 2 aromatic heterocycles. The van der Waals surface area contributed by atoms with Crippen molar-refractivity contribution in [3.63, 3.8) is 0 Å². The molecule has 1 fully saturated rings. The molecule has 1 aliphatic rings. The molecular formula is C46H84N7O17P3S. The first-order chi connectivity index (χ1) is 34.9. The molecule has 0 aromatic carbocycles. The molecule has 0 aliphatic carbocycles. The molecule has 8 unspecified atom stereocenters. The topological polar surface area (TPSA) is 364 Å². The Labute approximate surface area is 439 Å². The van der Waals surface area contributed by atoms with Crippen LogP contribution < -0.4 is 16.4 Å². The van der Waals surface area contributed by atoms with Gasteiger partial charge in [0.1, 0.15) is 36.3 Å². The lowest BCUT2D eigenvalue weighted by Gasteiger charge is -2.30. The Hall–Kier alpha value is -2.44. The summed E-state index contributed by atoms with van der Waals surface area (Å²) in [5.74, 6) is -0.281. The van der Waals surface area contributed by atoms with Gasteiger partial charge in [0.2, 0.25) is 11.8 Å². The fraction of sp³-hybridized carbons (Fsp3) is 0.826. The van der Waals surface area contributed by atoms with Crippen molar-refractivity contribution in [2.75, 3.05) is 37.8 Å². The van der Waals surface area contributed by atoms with Crippen molar-refractivity contribution in [3.05, 3.63) is 12.7 Å². The molecule has 10 N–H and O–H groups in total. The smallest absolute Gasteiger partial charge is 0.386 e. The second-order valence-electron chi connectivity index (χ2n) is 19.7. The first-order valence-electron chi connectivity index (χ1n) is 26.0. The van der Waals surface area contributed by atoms with Crippen molar-refractivity contribution in [2.24, 2.45) is 11.3 Å². The number of carbonyl (C=O) groups excluding carboxylic acids is 3. The Morgan fingerprint density at radius 1 is 0.811 bits per heavy atom. The van der Waals surface area contributed by atoms with Crippen LogP contribution in [0.4, 0.5) is 5.82 Å². The predicted octanol–water partition coefficient (Wildman–Crippen LogP) is 7.51. The lowest BCUT2D eigenvalue weighted by molar-refractivity contribution is -0.137. The highest BCUT2D eigenvalue weighted by molar-refractivity contribution is 8.13. The van der Waals surface area contributed by atoms with Crippen molar-refractivity contribution in [3.8, 4) is 0 Å². The number of fused-ring (bicyclic) bond motifs is 1. The van der Waals surface area contributed by atoms with Crippen molar-refractivity contribution >= 4 is 69.1 Å². The largest absolute Gasteiger partial charge is 0.481 e. The van der Waals surface area contributed by atoms with E-state index in [1.807, 2.05) is 0 Å². The van der Waals surface area contributed by atoms with Gasteiger partial charge in [-0.2, -0.15) is 4.31 Å². The van der Waals surface area contributed by atoms with Crippen LogP contribution in [0.3, 0.4) is 0 Å². The standard InChI is InChI=1S/C46H84N7O17P3S/c1-5-6-7-8-9-10-11-12-13-14-15-16-17-20-23-34(2)24-21-18-19-22-25-37(55)74-29-28-48-36(54)26-27-49-44(58)41(57)46(3,4)31-67-73(64,65)70-72(62,63)66-30-35-40(69-71(59,60)61)39(56)45(68-35)53-33-52-38-42(47)50-32-51-43(38)53/h32-35,39-41,45,56-57H,5-31H2,1-4H3,(H,48,54)(H,49,58)(H,62,63)(H,64,65)(H2,47,50,51)(H2,59,60,61). The fourth-order valence-corrected chi connectivity index (χ4v) is 11.9. The zero-order chi connectivity index (χ0) is 54.8. The molecule has 3 heterocycles. The Morgan fingerprint density at radius 3 is 1.97 bits per heavy atom. The molecule has 426 valence electrons. The number of imidazole rings is 1. The van der Waals surface area contributed by atoms with Gasteiger partial charge in [0.05, 0.1) is 19.5 Å². The maximum absolute atomic E-state index is 12.8. The SMILES string of the molecule is CCCCCCCCCCCCCCCCC(C)CCCCCCC(=O)SCCNC(=O)CCNC(=O)C(O)C(C)(C)COP(=O)(O)OP(=O)(O)OCC1OC(n2cnc3c(N)ncnc32)C(O)C1OP(=O)(O)O. The van der Waals surface area contributed by atoms with E-state index in [0.717, 1.165) is 54.2 Å². The van der Waals surface area contributed by atoms with E-state index in [4.69, 9.17) is 19.5 Å².